The Hall–Kier alpha value is -2.92. The number of halogens is 1. The summed E-state index contributed by atoms with van der Waals surface area (Å²) in [7, 11) is 0. The molecule has 0 bridgehead atoms. The zero-order valence-electron chi connectivity index (χ0n) is 12.7. The van der Waals surface area contributed by atoms with Crippen molar-refractivity contribution in [2.45, 2.75) is 6.42 Å². The fraction of sp³-hybridized carbons (Fsp3) is 0.0556. The van der Waals surface area contributed by atoms with Gasteiger partial charge in [-0.2, -0.15) is 0 Å². The summed E-state index contributed by atoms with van der Waals surface area (Å²) in [6.45, 7) is 0. The monoisotopic (exact) mass is 335 g/mol. The summed E-state index contributed by atoms with van der Waals surface area (Å²) in [6, 6.07) is 17.8. The molecule has 4 aromatic rings. The second-order valence-corrected chi connectivity index (χ2v) is 5.82. The van der Waals surface area contributed by atoms with Crippen molar-refractivity contribution in [3.63, 3.8) is 0 Å². The Labute approximate surface area is 143 Å². The third kappa shape index (κ3) is 2.70. The van der Waals surface area contributed by atoms with Crippen LogP contribution in [-0.2, 0) is 6.42 Å². The van der Waals surface area contributed by atoms with E-state index in [-0.39, 0.29) is 5.95 Å². The van der Waals surface area contributed by atoms with Gasteiger partial charge in [-0.3, -0.25) is 0 Å². The largest absolute Gasteiger partial charge is 0.368 e. The second-order valence-electron chi connectivity index (χ2n) is 5.43. The van der Waals surface area contributed by atoms with Gasteiger partial charge in [0.1, 0.15) is 16.5 Å². The van der Waals surface area contributed by atoms with E-state index >= 15 is 0 Å². The minimum Gasteiger partial charge on any atom is -0.368 e. The van der Waals surface area contributed by atoms with E-state index in [1.54, 1.807) is 6.07 Å². The average molecular weight is 336 g/mol. The topological polar surface area (TPSA) is 69.1 Å². The Kier molecular flexibility index (Phi) is 3.63. The van der Waals surface area contributed by atoms with E-state index in [1.807, 2.05) is 42.6 Å². The van der Waals surface area contributed by atoms with Gasteiger partial charge in [-0.05, 0) is 17.7 Å². The molecule has 4 rings (SSSR count). The van der Waals surface area contributed by atoms with Crippen molar-refractivity contribution < 1.29 is 0 Å². The Morgan fingerprint density at radius 2 is 1.75 bits per heavy atom. The molecule has 0 amide bonds. The van der Waals surface area contributed by atoms with E-state index in [0.29, 0.717) is 10.8 Å². The van der Waals surface area contributed by atoms with Gasteiger partial charge >= 0.3 is 0 Å². The van der Waals surface area contributed by atoms with Crippen LogP contribution in [0.2, 0.25) is 5.15 Å². The Balaban J connectivity index is 1.92. The quantitative estimate of drug-likeness (QED) is 0.580. The van der Waals surface area contributed by atoms with Crippen LogP contribution in [0.1, 0.15) is 11.3 Å². The van der Waals surface area contributed by atoms with Crippen molar-refractivity contribution in [2.75, 3.05) is 5.73 Å². The summed E-state index contributed by atoms with van der Waals surface area (Å²) in [5, 5.41) is 0.306. The van der Waals surface area contributed by atoms with Gasteiger partial charge in [-0.15, -0.1) is 0 Å². The number of rotatable bonds is 3. The lowest BCUT2D eigenvalue weighted by molar-refractivity contribution is 1.02. The van der Waals surface area contributed by atoms with Crippen molar-refractivity contribution >= 4 is 23.2 Å². The number of pyridine rings is 1. The highest BCUT2D eigenvalue weighted by Gasteiger charge is 2.16. The predicted molar refractivity (Wildman–Crippen MR) is 94.9 cm³/mol. The highest BCUT2D eigenvalue weighted by molar-refractivity contribution is 6.29. The number of imidazole rings is 1. The molecule has 0 aliphatic carbocycles. The first kappa shape index (κ1) is 14.7. The average Bonchev–Trinajstić information content (AvgIpc) is 2.94. The fourth-order valence-corrected chi connectivity index (χ4v) is 2.96. The summed E-state index contributed by atoms with van der Waals surface area (Å²) in [4.78, 5) is 13.0. The highest BCUT2D eigenvalue weighted by atomic mass is 35.5. The maximum absolute atomic E-state index is 6.05. The molecule has 0 aliphatic rings. The molecule has 0 saturated carbocycles. The molecule has 0 radical (unpaired) electrons. The van der Waals surface area contributed by atoms with Crippen LogP contribution in [0.5, 0.6) is 0 Å². The van der Waals surface area contributed by atoms with Gasteiger partial charge in [-0.1, -0.05) is 48.0 Å². The van der Waals surface area contributed by atoms with E-state index in [0.717, 1.165) is 23.5 Å². The highest BCUT2D eigenvalue weighted by Crippen LogP contribution is 2.27. The molecule has 5 nitrogen and oxygen atoms in total. The van der Waals surface area contributed by atoms with E-state index in [4.69, 9.17) is 22.3 Å². The first-order chi connectivity index (χ1) is 11.7. The van der Waals surface area contributed by atoms with Crippen LogP contribution < -0.4 is 5.73 Å². The van der Waals surface area contributed by atoms with Crippen LogP contribution in [0.15, 0.2) is 60.8 Å². The van der Waals surface area contributed by atoms with Crippen molar-refractivity contribution in [1.29, 1.82) is 0 Å². The number of anilines is 1. The summed E-state index contributed by atoms with van der Waals surface area (Å²) in [5.41, 5.74) is 10.2. The minimum atomic E-state index is 0.139. The van der Waals surface area contributed by atoms with Gasteiger partial charge in [0.15, 0.2) is 0 Å². The zero-order chi connectivity index (χ0) is 16.5. The maximum atomic E-state index is 6.05. The molecule has 24 heavy (non-hydrogen) atoms. The van der Waals surface area contributed by atoms with Gasteiger partial charge < -0.3 is 10.1 Å². The van der Waals surface area contributed by atoms with Gasteiger partial charge in [0.2, 0.25) is 5.95 Å². The van der Waals surface area contributed by atoms with E-state index in [1.165, 1.54) is 5.56 Å². The molecule has 6 heteroatoms. The first-order valence-corrected chi connectivity index (χ1v) is 7.89. The number of nitrogens with zero attached hydrogens (tertiary/aromatic N) is 4. The number of nitrogens with two attached hydrogens (primary N) is 1. The van der Waals surface area contributed by atoms with E-state index in [2.05, 4.69) is 26.5 Å². The lowest BCUT2D eigenvalue weighted by atomic mass is 10.1. The number of nitrogen functional groups attached to an aromatic ring is 1. The fourth-order valence-electron chi connectivity index (χ4n) is 2.77. The molecule has 2 N–H and O–H groups in total. The van der Waals surface area contributed by atoms with Crippen LogP contribution in [-0.4, -0.2) is 19.4 Å². The number of fused-ring (bicyclic) bond motifs is 1. The Bertz CT molecular complexity index is 990. The number of aromatic nitrogens is 4. The standard InChI is InChI=1S/C18H14ClN5/c19-15-11-13(21-18(20)22-15)17-14(10-12-6-2-1-3-7-12)24-9-5-4-8-16(24)23-17/h1-9,11H,10H2,(H2,20,21,22). The molecule has 0 unspecified atom stereocenters. The van der Waals surface area contributed by atoms with E-state index in [9.17, 15) is 0 Å². The summed E-state index contributed by atoms with van der Waals surface area (Å²) >= 11 is 6.05. The molecule has 0 fully saturated rings. The number of hydrogen-bond acceptors (Lipinski definition) is 4. The third-order valence-electron chi connectivity index (χ3n) is 3.80. The number of benzene rings is 1. The third-order valence-corrected chi connectivity index (χ3v) is 3.99. The molecular formula is C18H14ClN5. The molecule has 0 saturated heterocycles. The SMILES string of the molecule is Nc1nc(Cl)cc(-c2nc3ccccn3c2Cc2ccccc2)n1. The van der Waals surface area contributed by atoms with Gasteiger partial charge in [0.05, 0.1) is 11.4 Å². The first-order valence-electron chi connectivity index (χ1n) is 7.51. The molecule has 0 aliphatic heterocycles. The smallest absolute Gasteiger partial charge is 0.222 e. The zero-order valence-corrected chi connectivity index (χ0v) is 13.5. The number of hydrogen-bond donors (Lipinski definition) is 1. The van der Waals surface area contributed by atoms with Gasteiger partial charge in [-0.25, -0.2) is 15.0 Å². The van der Waals surface area contributed by atoms with Crippen molar-refractivity contribution in [3.05, 3.63) is 77.2 Å². The maximum Gasteiger partial charge on any atom is 0.222 e. The van der Waals surface area contributed by atoms with Crippen molar-refractivity contribution in [2.24, 2.45) is 0 Å². The van der Waals surface area contributed by atoms with Crippen LogP contribution in [0.3, 0.4) is 0 Å². The summed E-state index contributed by atoms with van der Waals surface area (Å²) in [6.07, 6.45) is 2.72. The summed E-state index contributed by atoms with van der Waals surface area (Å²) in [5.74, 6) is 0.139. The van der Waals surface area contributed by atoms with Gasteiger partial charge in [0.25, 0.3) is 0 Å². The van der Waals surface area contributed by atoms with Crippen molar-refractivity contribution in [3.8, 4) is 11.4 Å². The molecule has 0 atom stereocenters. The normalized spacial score (nSPS) is 11.0. The molecule has 3 heterocycles. The van der Waals surface area contributed by atoms with Crippen LogP contribution in [0, 0.1) is 0 Å². The summed E-state index contributed by atoms with van der Waals surface area (Å²) < 4.78 is 2.06. The minimum absolute atomic E-state index is 0.139. The van der Waals surface area contributed by atoms with Crippen LogP contribution in [0.25, 0.3) is 17.0 Å². The van der Waals surface area contributed by atoms with E-state index < -0.39 is 0 Å². The lowest BCUT2D eigenvalue weighted by Gasteiger charge is -2.06. The second kappa shape index (κ2) is 5.94. The predicted octanol–water partition coefficient (Wildman–Crippen LogP) is 3.62. The molecule has 0 spiro atoms. The van der Waals surface area contributed by atoms with Gasteiger partial charge in [0, 0.05) is 18.7 Å². The Morgan fingerprint density at radius 1 is 0.958 bits per heavy atom. The molecule has 118 valence electrons. The molecule has 3 aromatic heterocycles. The van der Waals surface area contributed by atoms with Crippen molar-refractivity contribution in [1.82, 2.24) is 19.4 Å². The lowest BCUT2D eigenvalue weighted by Crippen LogP contribution is -2.00. The van der Waals surface area contributed by atoms with Crippen LogP contribution in [0.4, 0.5) is 5.95 Å². The van der Waals surface area contributed by atoms with Crippen LogP contribution >= 0.6 is 11.6 Å². The molecule has 1 aromatic carbocycles. The molecular weight excluding hydrogens is 322 g/mol. The Morgan fingerprint density at radius 3 is 2.54 bits per heavy atom.